The first-order valence-corrected chi connectivity index (χ1v) is 11.7. The third-order valence-corrected chi connectivity index (χ3v) is 6.10. The fourth-order valence-corrected chi connectivity index (χ4v) is 4.21. The van der Waals surface area contributed by atoms with E-state index in [-0.39, 0.29) is 17.8 Å². The predicted octanol–water partition coefficient (Wildman–Crippen LogP) is 5.60. The van der Waals surface area contributed by atoms with Gasteiger partial charge in [-0.2, -0.15) is 0 Å². The Hall–Kier alpha value is -4.30. The molecule has 3 amide bonds. The summed E-state index contributed by atoms with van der Waals surface area (Å²) in [5.74, 6) is -0.523. The molecule has 2 aromatic carbocycles. The molecular formula is C27H23FN4O2S. The number of benzene rings is 2. The second kappa shape index (κ2) is 11.7. The summed E-state index contributed by atoms with van der Waals surface area (Å²) in [6.07, 6.45) is 6.50. The predicted molar refractivity (Wildman–Crippen MR) is 137 cm³/mol. The largest absolute Gasteiger partial charge is 0.348 e. The van der Waals surface area contributed by atoms with E-state index in [1.807, 2.05) is 36.4 Å². The number of amides is 3. The van der Waals surface area contributed by atoms with E-state index in [4.69, 9.17) is 0 Å². The van der Waals surface area contributed by atoms with Gasteiger partial charge in [0.2, 0.25) is 5.91 Å². The van der Waals surface area contributed by atoms with Crippen molar-refractivity contribution in [1.82, 2.24) is 15.6 Å². The van der Waals surface area contributed by atoms with Gasteiger partial charge in [-0.05, 0) is 59.7 Å². The van der Waals surface area contributed by atoms with Crippen LogP contribution in [-0.4, -0.2) is 16.9 Å². The summed E-state index contributed by atoms with van der Waals surface area (Å²) in [6, 6.07) is 20.9. The summed E-state index contributed by atoms with van der Waals surface area (Å²) in [6.45, 7) is 0.699. The lowest BCUT2D eigenvalue weighted by molar-refractivity contribution is -0.116. The number of thiophene rings is 1. The fourth-order valence-electron chi connectivity index (χ4n) is 3.27. The van der Waals surface area contributed by atoms with E-state index < -0.39 is 0 Å². The number of rotatable bonds is 8. The Morgan fingerprint density at radius 3 is 2.51 bits per heavy atom. The van der Waals surface area contributed by atoms with Gasteiger partial charge in [-0.3, -0.25) is 9.78 Å². The molecule has 0 fully saturated rings. The van der Waals surface area contributed by atoms with Crippen LogP contribution in [0.3, 0.4) is 0 Å². The Balaban J connectivity index is 1.26. The van der Waals surface area contributed by atoms with Crippen LogP contribution >= 0.6 is 11.3 Å². The summed E-state index contributed by atoms with van der Waals surface area (Å²) in [4.78, 5) is 30.0. The average molecular weight is 487 g/mol. The Labute approximate surface area is 206 Å². The molecule has 8 heteroatoms. The first-order valence-electron chi connectivity index (χ1n) is 10.9. The molecule has 4 aromatic rings. The van der Waals surface area contributed by atoms with Gasteiger partial charge in [-0.25, -0.2) is 9.18 Å². The molecule has 0 spiro atoms. The number of pyridine rings is 1. The Bertz CT molecular complexity index is 1340. The average Bonchev–Trinajstić information content (AvgIpc) is 3.35. The number of hydrogen-bond donors (Lipinski definition) is 3. The number of urea groups is 1. The highest BCUT2D eigenvalue weighted by Crippen LogP contribution is 2.30. The van der Waals surface area contributed by atoms with Gasteiger partial charge in [-0.1, -0.05) is 30.3 Å². The molecular weight excluding hydrogens is 463 g/mol. The Kier molecular flexibility index (Phi) is 7.98. The zero-order valence-corrected chi connectivity index (χ0v) is 19.5. The molecule has 0 radical (unpaired) electrons. The lowest BCUT2D eigenvalue weighted by Gasteiger charge is -2.09. The lowest BCUT2D eigenvalue weighted by Crippen LogP contribution is -2.28. The minimum Gasteiger partial charge on any atom is -0.348 e. The third-order valence-electron chi connectivity index (χ3n) is 5.02. The van der Waals surface area contributed by atoms with Crippen molar-refractivity contribution < 1.29 is 14.0 Å². The number of carbonyl (C=O) groups excluding carboxylic acids is 2. The molecule has 0 aliphatic carbocycles. The van der Waals surface area contributed by atoms with E-state index in [1.165, 1.54) is 23.5 Å². The van der Waals surface area contributed by atoms with Gasteiger partial charge in [0.05, 0.1) is 0 Å². The molecule has 0 unspecified atom stereocenters. The maximum atomic E-state index is 14.0. The highest BCUT2D eigenvalue weighted by atomic mass is 32.1. The topological polar surface area (TPSA) is 83.1 Å². The summed E-state index contributed by atoms with van der Waals surface area (Å²) in [7, 11) is 0. The smallest absolute Gasteiger partial charge is 0.319 e. The molecule has 0 saturated carbocycles. The highest BCUT2D eigenvalue weighted by Gasteiger charge is 2.07. The second-order valence-corrected chi connectivity index (χ2v) is 8.71. The minimum atomic E-state index is -0.323. The number of nitrogens with zero attached hydrogens (tertiary/aromatic N) is 1. The van der Waals surface area contributed by atoms with Crippen LogP contribution in [0.4, 0.5) is 14.9 Å². The van der Waals surface area contributed by atoms with Crippen molar-refractivity contribution in [2.45, 2.75) is 13.1 Å². The monoisotopic (exact) mass is 486 g/mol. The molecule has 0 atom stereocenters. The van der Waals surface area contributed by atoms with Crippen LogP contribution < -0.4 is 16.0 Å². The van der Waals surface area contributed by atoms with Crippen LogP contribution in [0.5, 0.6) is 0 Å². The summed E-state index contributed by atoms with van der Waals surface area (Å²) in [5.41, 5.74) is 2.96. The van der Waals surface area contributed by atoms with Gasteiger partial charge in [0.1, 0.15) is 5.82 Å². The molecule has 6 nitrogen and oxygen atoms in total. The van der Waals surface area contributed by atoms with Crippen LogP contribution in [0.15, 0.2) is 91.3 Å². The molecule has 0 saturated heterocycles. The third kappa shape index (κ3) is 7.09. The van der Waals surface area contributed by atoms with Gasteiger partial charge in [0.25, 0.3) is 0 Å². The Morgan fingerprint density at radius 2 is 1.69 bits per heavy atom. The van der Waals surface area contributed by atoms with E-state index in [0.717, 1.165) is 20.9 Å². The van der Waals surface area contributed by atoms with Crippen LogP contribution in [-0.2, 0) is 17.9 Å². The molecule has 176 valence electrons. The zero-order valence-electron chi connectivity index (χ0n) is 18.7. The van der Waals surface area contributed by atoms with Crippen LogP contribution in [0.2, 0.25) is 0 Å². The minimum absolute atomic E-state index is 0.251. The van der Waals surface area contributed by atoms with E-state index in [2.05, 4.69) is 20.9 Å². The van der Waals surface area contributed by atoms with Gasteiger partial charge in [0, 0.05) is 52.6 Å². The summed E-state index contributed by atoms with van der Waals surface area (Å²) in [5, 5.41) is 8.41. The van der Waals surface area contributed by atoms with E-state index in [9.17, 15) is 14.0 Å². The number of aromatic nitrogens is 1. The van der Waals surface area contributed by atoms with E-state index in [0.29, 0.717) is 24.3 Å². The Morgan fingerprint density at radius 1 is 0.886 bits per heavy atom. The number of halogens is 1. The quantitative estimate of drug-likeness (QED) is 0.284. The van der Waals surface area contributed by atoms with Crippen LogP contribution in [0.1, 0.15) is 16.0 Å². The highest BCUT2D eigenvalue weighted by molar-refractivity contribution is 7.16. The van der Waals surface area contributed by atoms with Crippen LogP contribution in [0, 0.1) is 5.82 Å². The number of anilines is 1. The fraction of sp³-hybridized carbons (Fsp3) is 0.0741. The molecule has 2 aromatic heterocycles. The van der Waals surface area contributed by atoms with Crippen molar-refractivity contribution in [2.24, 2.45) is 0 Å². The summed E-state index contributed by atoms with van der Waals surface area (Å²) >= 11 is 1.41. The molecule has 3 N–H and O–H groups in total. The van der Waals surface area contributed by atoms with Crippen molar-refractivity contribution in [3.8, 4) is 10.4 Å². The zero-order chi connectivity index (χ0) is 24.5. The van der Waals surface area contributed by atoms with Crippen molar-refractivity contribution in [3.63, 3.8) is 0 Å². The molecule has 2 heterocycles. The maximum absolute atomic E-state index is 14.0. The van der Waals surface area contributed by atoms with Gasteiger partial charge < -0.3 is 16.0 Å². The molecule has 4 rings (SSSR count). The normalized spacial score (nSPS) is 10.8. The first kappa shape index (κ1) is 23.8. The van der Waals surface area contributed by atoms with Crippen molar-refractivity contribution in [2.75, 3.05) is 5.32 Å². The van der Waals surface area contributed by atoms with Crippen LogP contribution in [0.25, 0.3) is 16.5 Å². The lowest BCUT2D eigenvalue weighted by atomic mass is 10.2. The number of nitrogens with one attached hydrogen (secondary N) is 3. The standard InChI is InChI=1S/C27H23FN4O2S/c28-24-7-2-1-6-23(24)25-10-8-22(35-25)9-11-26(33)30-18-20-4-3-5-21(16-20)32-27(34)31-17-19-12-14-29-15-13-19/h1-16H,17-18H2,(H,30,33)(H2,31,32,34). The second-order valence-electron chi connectivity index (χ2n) is 7.60. The molecule has 0 aliphatic heterocycles. The van der Waals surface area contributed by atoms with Gasteiger partial charge >= 0.3 is 6.03 Å². The molecule has 35 heavy (non-hydrogen) atoms. The maximum Gasteiger partial charge on any atom is 0.319 e. The molecule has 0 aliphatic rings. The van der Waals surface area contributed by atoms with E-state index in [1.54, 1.807) is 48.8 Å². The van der Waals surface area contributed by atoms with E-state index >= 15 is 0 Å². The number of carbonyl (C=O) groups is 2. The van der Waals surface area contributed by atoms with Gasteiger partial charge in [-0.15, -0.1) is 11.3 Å². The molecule has 0 bridgehead atoms. The van der Waals surface area contributed by atoms with Crippen molar-refractivity contribution >= 4 is 35.0 Å². The van der Waals surface area contributed by atoms with Crippen molar-refractivity contribution in [1.29, 1.82) is 0 Å². The van der Waals surface area contributed by atoms with Crippen molar-refractivity contribution in [3.05, 3.63) is 113 Å². The SMILES string of the molecule is O=C(C=Cc1ccc(-c2ccccc2F)s1)NCc1cccc(NC(=O)NCc2ccncc2)c1. The first-order chi connectivity index (χ1) is 17.1. The summed E-state index contributed by atoms with van der Waals surface area (Å²) < 4.78 is 14.0. The number of hydrogen-bond acceptors (Lipinski definition) is 4. The van der Waals surface area contributed by atoms with Gasteiger partial charge in [0.15, 0.2) is 0 Å².